The molecular weight excluding hydrogens is 609 g/mol. The van der Waals surface area contributed by atoms with Crippen molar-refractivity contribution >= 4 is 56.9 Å². The number of aliphatic hydroxyl groups excluding tert-OH is 1. The van der Waals surface area contributed by atoms with Gasteiger partial charge >= 0.3 is 12.1 Å². The van der Waals surface area contributed by atoms with Crippen LogP contribution in [0.5, 0.6) is 0 Å². The minimum atomic E-state index is -4.61. The van der Waals surface area contributed by atoms with E-state index in [1.807, 2.05) is 0 Å². The standard InChI is InChI=1S/C25H20BrF3N2O7S/c26-11-17(33)21(24(37)38-12-18(34)15-6-2-1-3-7-15)31-22(36)20(23(31)39-13-32)30-19(35)10-14-5-4-8-16(9-14)25(27,28)29/h1-9,13,20,23,33H,10-12H2,(H,30,35). The molecule has 0 radical (unpaired) electrons. The number of allylic oxidation sites excluding steroid dienone is 1. The van der Waals surface area contributed by atoms with Crippen molar-refractivity contribution < 1.29 is 47.0 Å². The van der Waals surface area contributed by atoms with Gasteiger partial charge in [-0.1, -0.05) is 76.2 Å². The average Bonchev–Trinajstić information content (AvgIpc) is 2.92. The fourth-order valence-corrected chi connectivity index (χ4v) is 4.68. The molecule has 2 unspecified atom stereocenters. The van der Waals surface area contributed by atoms with E-state index in [9.17, 15) is 42.3 Å². The van der Waals surface area contributed by atoms with E-state index in [0.29, 0.717) is 17.4 Å². The zero-order valence-corrected chi connectivity index (χ0v) is 22.2. The molecule has 1 heterocycles. The second kappa shape index (κ2) is 12.9. The fraction of sp³-hybridized carbons (Fsp3) is 0.240. The number of hydrogen-bond donors (Lipinski definition) is 2. The normalized spacial score (nSPS) is 17.5. The zero-order valence-electron chi connectivity index (χ0n) is 19.8. The molecule has 1 fully saturated rings. The Balaban J connectivity index is 1.73. The Kier molecular flexibility index (Phi) is 9.92. The number of nitrogens with zero attached hydrogens (tertiary/aromatic N) is 1. The van der Waals surface area contributed by atoms with Crippen LogP contribution in [-0.4, -0.2) is 62.5 Å². The summed E-state index contributed by atoms with van der Waals surface area (Å²) in [6, 6.07) is 10.7. The molecule has 2 N–H and O–H groups in total. The summed E-state index contributed by atoms with van der Waals surface area (Å²) in [5, 5.41) is 11.2. The number of ketones is 1. The van der Waals surface area contributed by atoms with Crippen molar-refractivity contribution in [3.63, 3.8) is 0 Å². The number of thioether (sulfide) groups is 1. The van der Waals surface area contributed by atoms with E-state index in [0.717, 1.165) is 23.1 Å². The minimum Gasteiger partial charge on any atom is -0.509 e. The van der Waals surface area contributed by atoms with Crippen LogP contribution < -0.4 is 5.32 Å². The van der Waals surface area contributed by atoms with Crippen molar-refractivity contribution in [1.29, 1.82) is 0 Å². The number of amides is 2. The number of benzene rings is 2. The highest BCUT2D eigenvalue weighted by Crippen LogP contribution is 2.35. The van der Waals surface area contributed by atoms with Crippen molar-refractivity contribution in [2.75, 3.05) is 11.9 Å². The summed E-state index contributed by atoms with van der Waals surface area (Å²) in [4.78, 5) is 62.6. The molecule has 206 valence electrons. The number of carbonyl (C=O) groups is 5. The van der Waals surface area contributed by atoms with Crippen LogP contribution >= 0.6 is 27.7 Å². The maximum atomic E-state index is 13.0. The van der Waals surface area contributed by atoms with Crippen LogP contribution in [0, 0.1) is 0 Å². The third-order valence-electron chi connectivity index (χ3n) is 5.44. The molecule has 39 heavy (non-hydrogen) atoms. The molecule has 0 bridgehead atoms. The second-order valence-electron chi connectivity index (χ2n) is 8.05. The Bertz CT molecular complexity index is 1300. The molecule has 0 aliphatic carbocycles. The Hall–Kier alpha value is -3.65. The summed E-state index contributed by atoms with van der Waals surface area (Å²) in [7, 11) is 0. The van der Waals surface area contributed by atoms with Crippen LogP contribution in [-0.2, 0) is 36.5 Å². The zero-order chi connectivity index (χ0) is 28.7. The van der Waals surface area contributed by atoms with E-state index < -0.39 is 71.2 Å². The van der Waals surface area contributed by atoms with Gasteiger partial charge in [0.1, 0.15) is 17.2 Å². The van der Waals surface area contributed by atoms with Crippen molar-refractivity contribution in [3.8, 4) is 0 Å². The van der Waals surface area contributed by atoms with Crippen LogP contribution in [0.4, 0.5) is 13.2 Å². The molecular formula is C25H20BrF3N2O7S. The number of β-lactam (4-membered cyclic amide) rings is 1. The molecule has 1 saturated heterocycles. The highest BCUT2D eigenvalue weighted by atomic mass is 79.9. The number of alkyl halides is 4. The van der Waals surface area contributed by atoms with Crippen LogP contribution in [0.15, 0.2) is 66.1 Å². The van der Waals surface area contributed by atoms with Gasteiger partial charge in [-0.15, -0.1) is 0 Å². The van der Waals surface area contributed by atoms with Crippen LogP contribution in [0.25, 0.3) is 0 Å². The number of hydrogen-bond acceptors (Lipinski definition) is 8. The number of Topliss-reactive ketones (excluding diaryl/α,β-unsaturated/α-hetero) is 1. The first-order valence-electron chi connectivity index (χ1n) is 11.1. The van der Waals surface area contributed by atoms with Gasteiger partial charge in [0.15, 0.2) is 23.7 Å². The van der Waals surface area contributed by atoms with Gasteiger partial charge in [0.05, 0.1) is 17.3 Å². The van der Waals surface area contributed by atoms with Crippen molar-refractivity contribution in [2.24, 2.45) is 0 Å². The Labute approximate surface area is 232 Å². The summed E-state index contributed by atoms with van der Waals surface area (Å²) in [5.41, 5.74) is -0.936. The molecule has 0 aromatic heterocycles. The first-order chi connectivity index (χ1) is 18.5. The Morgan fingerprint density at radius 2 is 1.82 bits per heavy atom. The van der Waals surface area contributed by atoms with Crippen molar-refractivity contribution in [3.05, 3.63) is 82.7 Å². The van der Waals surface area contributed by atoms with E-state index in [1.54, 1.807) is 18.2 Å². The van der Waals surface area contributed by atoms with Gasteiger partial charge in [0.25, 0.3) is 5.91 Å². The van der Waals surface area contributed by atoms with Gasteiger partial charge in [-0.25, -0.2) is 4.79 Å². The molecule has 14 heteroatoms. The number of carbonyl (C=O) groups excluding carboxylic acids is 5. The second-order valence-corrected chi connectivity index (χ2v) is 9.55. The minimum absolute atomic E-state index is 0.0368. The van der Waals surface area contributed by atoms with Gasteiger partial charge < -0.3 is 15.2 Å². The van der Waals surface area contributed by atoms with Gasteiger partial charge in [-0.3, -0.25) is 24.1 Å². The average molecular weight is 629 g/mol. The van der Waals surface area contributed by atoms with E-state index >= 15 is 0 Å². The monoisotopic (exact) mass is 628 g/mol. The lowest BCUT2D eigenvalue weighted by molar-refractivity contribution is -0.152. The summed E-state index contributed by atoms with van der Waals surface area (Å²) in [6.45, 7) is -0.702. The number of halogens is 4. The molecule has 2 aromatic rings. The number of likely N-dealkylation sites (tertiary alicyclic amines) is 1. The van der Waals surface area contributed by atoms with Gasteiger partial charge in [0.2, 0.25) is 5.91 Å². The number of rotatable bonds is 11. The maximum absolute atomic E-state index is 13.0. The smallest absolute Gasteiger partial charge is 0.416 e. The van der Waals surface area contributed by atoms with E-state index in [1.165, 1.54) is 18.2 Å². The molecule has 3 rings (SSSR count). The Morgan fingerprint density at radius 3 is 2.44 bits per heavy atom. The predicted octanol–water partition coefficient (Wildman–Crippen LogP) is 3.42. The van der Waals surface area contributed by atoms with Gasteiger partial charge in [0, 0.05) is 5.56 Å². The van der Waals surface area contributed by atoms with E-state index in [2.05, 4.69) is 21.2 Å². The number of ether oxygens (including phenoxy) is 1. The lowest BCUT2D eigenvalue weighted by Gasteiger charge is -2.45. The topological polar surface area (TPSA) is 130 Å². The summed E-state index contributed by atoms with van der Waals surface area (Å²) in [6.07, 6.45) is -5.10. The lowest BCUT2D eigenvalue weighted by Crippen LogP contribution is -2.69. The van der Waals surface area contributed by atoms with Crippen LogP contribution in [0.1, 0.15) is 21.5 Å². The van der Waals surface area contributed by atoms with E-state index in [4.69, 9.17) is 4.74 Å². The number of esters is 1. The SMILES string of the molecule is O=CSC1C(NC(=O)Cc2cccc(C(F)(F)F)c2)C(=O)N1C(C(=O)OCC(=O)c1ccccc1)=C(O)CBr. The van der Waals surface area contributed by atoms with Crippen molar-refractivity contribution in [1.82, 2.24) is 10.2 Å². The van der Waals surface area contributed by atoms with E-state index in [-0.39, 0.29) is 16.5 Å². The quantitative estimate of drug-likeness (QED) is 0.0736. The number of nitrogens with one attached hydrogen (secondary N) is 1. The first kappa shape index (κ1) is 29.9. The fourth-order valence-electron chi connectivity index (χ4n) is 3.62. The van der Waals surface area contributed by atoms with Gasteiger partial charge in [-0.2, -0.15) is 13.2 Å². The molecule has 9 nitrogen and oxygen atoms in total. The number of aliphatic hydroxyl groups is 1. The largest absolute Gasteiger partial charge is 0.509 e. The van der Waals surface area contributed by atoms with Crippen LogP contribution in [0.2, 0.25) is 0 Å². The predicted molar refractivity (Wildman–Crippen MR) is 137 cm³/mol. The van der Waals surface area contributed by atoms with Crippen LogP contribution in [0.3, 0.4) is 0 Å². The molecule has 1 aliphatic rings. The first-order valence-corrected chi connectivity index (χ1v) is 13.2. The maximum Gasteiger partial charge on any atom is 0.416 e. The van der Waals surface area contributed by atoms with Gasteiger partial charge in [-0.05, 0) is 11.6 Å². The third-order valence-corrected chi connectivity index (χ3v) is 6.84. The third kappa shape index (κ3) is 7.26. The molecule has 2 atom stereocenters. The summed E-state index contributed by atoms with van der Waals surface area (Å²) in [5.74, 6) is -4.11. The Morgan fingerprint density at radius 1 is 1.13 bits per heavy atom. The lowest BCUT2D eigenvalue weighted by atomic mass is 10.0. The molecule has 2 aromatic carbocycles. The molecule has 0 spiro atoms. The molecule has 2 amide bonds. The summed E-state index contributed by atoms with van der Waals surface area (Å²) >= 11 is 3.48. The molecule has 1 aliphatic heterocycles. The molecule has 0 saturated carbocycles. The highest BCUT2D eigenvalue weighted by Gasteiger charge is 2.53. The van der Waals surface area contributed by atoms with Crippen molar-refractivity contribution in [2.45, 2.75) is 24.0 Å². The summed E-state index contributed by atoms with van der Waals surface area (Å²) < 4.78 is 43.9. The highest BCUT2D eigenvalue weighted by molar-refractivity contribution is 9.09.